The fraction of sp³-hybridized carbons (Fsp3) is 0.294. The molecule has 1 aromatic heterocycles. The maximum atomic E-state index is 11.6. The Labute approximate surface area is 125 Å². The Balaban J connectivity index is 1.92. The minimum absolute atomic E-state index is 0.0193. The number of ether oxygens (including phenoxy) is 1. The third kappa shape index (κ3) is 4.91. The quantitative estimate of drug-likeness (QED) is 0.859. The molecule has 110 valence electrons. The predicted octanol–water partition coefficient (Wildman–Crippen LogP) is 4.31. The van der Waals surface area contributed by atoms with E-state index in [4.69, 9.17) is 4.74 Å². The van der Waals surface area contributed by atoms with E-state index in [2.05, 4.69) is 17.2 Å². The zero-order valence-electron chi connectivity index (χ0n) is 12.4. The molecule has 1 amide bonds. The Morgan fingerprint density at radius 3 is 2.57 bits per heavy atom. The average molecular weight is 284 g/mol. The number of unbranched alkanes of at least 4 members (excludes halogenated alkanes) is 1. The minimum Gasteiger partial charge on any atom is -0.439 e. The summed E-state index contributed by atoms with van der Waals surface area (Å²) < 4.78 is 5.63. The molecular weight excluding hydrogens is 264 g/mol. The van der Waals surface area contributed by atoms with Gasteiger partial charge in [-0.1, -0.05) is 31.0 Å². The van der Waals surface area contributed by atoms with Crippen LogP contribution in [-0.2, 0) is 4.79 Å². The molecule has 4 heteroatoms. The van der Waals surface area contributed by atoms with Crippen molar-refractivity contribution in [3.8, 4) is 11.6 Å². The summed E-state index contributed by atoms with van der Waals surface area (Å²) in [7, 11) is 0. The van der Waals surface area contributed by atoms with Gasteiger partial charge in [0.25, 0.3) is 0 Å². The van der Waals surface area contributed by atoms with Crippen LogP contribution in [0.2, 0.25) is 0 Å². The van der Waals surface area contributed by atoms with E-state index in [1.54, 1.807) is 18.3 Å². The molecule has 4 nitrogen and oxygen atoms in total. The predicted molar refractivity (Wildman–Crippen MR) is 83.6 cm³/mol. The Kier molecular flexibility index (Phi) is 5.32. The van der Waals surface area contributed by atoms with E-state index in [1.807, 2.05) is 31.2 Å². The van der Waals surface area contributed by atoms with Gasteiger partial charge in [0.05, 0.1) is 11.9 Å². The van der Waals surface area contributed by atoms with Crippen LogP contribution in [0.3, 0.4) is 0 Å². The number of rotatable bonds is 6. The maximum Gasteiger partial charge on any atom is 0.224 e. The van der Waals surface area contributed by atoms with E-state index < -0.39 is 0 Å². The van der Waals surface area contributed by atoms with Gasteiger partial charge in [-0.15, -0.1) is 0 Å². The second-order valence-electron chi connectivity index (χ2n) is 4.95. The molecule has 0 atom stereocenters. The molecule has 0 saturated heterocycles. The van der Waals surface area contributed by atoms with Crippen molar-refractivity contribution < 1.29 is 9.53 Å². The van der Waals surface area contributed by atoms with Gasteiger partial charge in [-0.3, -0.25) is 4.79 Å². The number of nitrogens with one attached hydrogen (secondary N) is 1. The van der Waals surface area contributed by atoms with Crippen LogP contribution in [0.1, 0.15) is 31.7 Å². The van der Waals surface area contributed by atoms with Crippen LogP contribution < -0.4 is 10.1 Å². The van der Waals surface area contributed by atoms with Crippen molar-refractivity contribution in [2.24, 2.45) is 0 Å². The lowest BCUT2D eigenvalue weighted by Crippen LogP contribution is -2.11. The van der Waals surface area contributed by atoms with Gasteiger partial charge in [0.1, 0.15) is 5.75 Å². The van der Waals surface area contributed by atoms with Crippen LogP contribution in [0.5, 0.6) is 11.6 Å². The summed E-state index contributed by atoms with van der Waals surface area (Å²) in [4.78, 5) is 15.8. The lowest BCUT2D eigenvalue weighted by atomic mass is 10.2. The standard InChI is InChI=1S/C17H20N2O2/c1-3-4-5-16(20)19-14-8-11-17(18-12-14)21-15-9-6-13(2)7-10-15/h6-12H,3-5H2,1-2H3,(H,19,20). The molecule has 0 aliphatic carbocycles. The van der Waals surface area contributed by atoms with Crippen LogP contribution in [0.4, 0.5) is 5.69 Å². The lowest BCUT2D eigenvalue weighted by molar-refractivity contribution is -0.116. The molecular formula is C17H20N2O2. The normalized spacial score (nSPS) is 10.2. The van der Waals surface area contributed by atoms with Gasteiger partial charge in [0.2, 0.25) is 11.8 Å². The molecule has 2 aromatic rings. The number of aryl methyl sites for hydroxylation is 1. The average Bonchev–Trinajstić information content (AvgIpc) is 2.49. The molecule has 1 N–H and O–H groups in total. The molecule has 0 saturated carbocycles. The molecule has 1 heterocycles. The smallest absolute Gasteiger partial charge is 0.224 e. The number of benzene rings is 1. The van der Waals surface area contributed by atoms with Crippen molar-refractivity contribution in [3.63, 3.8) is 0 Å². The summed E-state index contributed by atoms with van der Waals surface area (Å²) in [6.45, 7) is 4.09. The fourth-order valence-corrected chi connectivity index (χ4v) is 1.80. The molecule has 0 bridgehead atoms. The molecule has 0 radical (unpaired) electrons. The molecule has 0 aliphatic heterocycles. The molecule has 2 rings (SSSR count). The van der Waals surface area contributed by atoms with Gasteiger partial charge >= 0.3 is 0 Å². The highest BCUT2D eigenvalue weighted by Crippen LogP contribution is 2.20. The van der Waals surface area contributed by atoms with Crippen LogP contribution in [-0.4, -0.2) is 10.9 Å². The van der Waals surface area contributed by atoms with E-state index in [-0.39, 0.29) is 5.91 Å². The summed E-state index contributed by atoms with van der Waals surface area (Å²) in [5.41, 5.74) is 1.87. The zero-order chi connectivity index (χ0) is 15.1. The maximum absolute atomic E-state index is 11.6. The Morgan fingerprint density at radius 2 is 1.95 bits per heavy atom. The minimum atomic E-state index is 0.0193. The van der Waals surface area contributed by atoms with Crippen molar-refractivity contribution in [1.29, 1.82) is 0 Å². The van der Waals surface area contributed by atoms with Crippen molar-refractivity contribution in [3.05, 3.63) is 48.2 Å². The summed E-state index contributed by atoms with van der Waals surface area (Å²) in [6.07, 6.45) is 4.05. The summed E-state index contributed by atoms with van der Waals surface area (Å²) in [5.74, 6) is 1.27. The fourth-order valence-electron chi connectivity index (χ4n) is 1.80. The molecule has 0 aliphatic rings. The van der Waals surface area contributed by atoms with Crippen molar-refractivity contribution in [2.75, 3.05) is 5.32 Å². The van der Waals surface area contributed by atoms with Crippen molar-refractivity contribution in [1.82, 2.24) is 4.98 Å². The summed E-state index contributed by atoms with van der Waals surface area (Å²) in [6, 6.07) is 11.3. The zero-order valence-corrected chi connectivity index (χ0v) is 12.4. The number of pyridine rings is 1. The lowest BCUT2D eigenvalue weighted by Gasteiger charge is -2.07. The molecule has 21 heavy (non-hydrogen) atoms. The molecule has 1 aromatic carbocycles. The first kappa shape index (κ1) is 15.0. The topological polar surface area (TPSA) is 51.2 Å². The van der Waals surface area contributed by atoms with Gasteiger partial charge in [-0.25, -0.2) is 4.98 Å². The highest BCUT2D eigenvalue weighted by Gasteiger charge is 2.03. The number of carbonyl (C=O) groups is 1. The second kappa shape index (κ2) is 7.43. The number of carbonyl (C=O) groups excluding carboxylic acids is 1. The largest absolute Gasteiger partial charge is 0.439 e. The third-order valence-corrected chi connectivity index (χ3v) is 3.02. The molecule has 0 unspecified atom stereocenters. The van der Waals surface area contributed by atoms with Gasteiger partial charge in [0, 0.05) is 12.5 Å². The van der Waals surface area contributed by atoms with E-state index >= 15 is 0 Å². The third-order valence-electron chi connectivity index (χ3n) is 3.02. The van der Waals surface area contributed by atoms with Gasteiger partial charge < -0.3 is 10.1 Å². The van der Waals surface area contributed by atoms with E-state index in [0.717, 1.165) is 18.6 Å². The Bertz CT molecular complexity index is 577. The van der Waals surface area contributed by atoms with Crippen LogP contribution in [0.15, 0.2) is 42.6 Å². The molecule has 0 spiro atoms. The van der Waals surface area contributed by atoms with E-state index in [1.165, 1.54) is 5.56 Å². The number of aromatic nitrogens is 1. The van der Waals surface area contributed by atoms with Crippen molar-refractivity contribution in [2.45, 2.75) is 33.1 Å². The van der Waals surface area contributed by atoms with Crippen LogP contribution in [0, 0.1) is 6.92 Å². The van der Waals surface area contributed by atoms with Crippen molar-refractivity contribution >= 4 is 11.6 Å². The van der Waals surface area contributed by atoms with E-state index in [0.29, 0.717) is 18.0 Å². The van der Waals surface area contributed by atoms with Gasteiger partial charge in [-0.05, 0) is 31.5 Å². The Hall–Kier alpha value is -2.36. The monoisotopic (exact) mass is 284 g/mol. The SMILES string of the molecule is CCCCC(=O)Nc1ccc(Oc2ccc(C)cc2)nc1. The number of amides is 1. The van der Waals surface area contributed by atoms with Crippen LogP contribution in [0.25, 0.3) is 0 Å². The highest BCUT2D eigenvalue weighted by molar-refractivity contribution is 5.90. The number of anilines is 1. The number of hydrogen-bond acceptors (Lipinski definition) is 3. The second-order valence-corrected chi connectivity index (χ2v) is 4.95. The first-order valence-corrected chi connectivity index (χ1v) is 7.18. The number of nitrogens with zero attached hydrogens (tertiary/aromatic N) is 1. The van der Waals surface area contributed by atoms with Crippen LogP contribution >= 0.6 is 0 Å². The number of hydrogen-bond donors (Lipinski definition) is 1. The Morgan fingerprint density at radius 1 is 1.19 bits per heavy atom. The van der Waals surface area contributed by atoms with E-state index in [9.17, 15) is 4.79 Å². The van der Waals surface area contributed by atoms with Gasteiger partial charge in [0.15, 0.2) is 0 Å². The highest BCUT2D eigenvalue weighted by atomic mass is 16.5. The first-order chi connectivity index (χ1) is 10.2. The molecule has 0 fully saturated rings. The first-order valence-electron chi connectivity index (χ1n) is 7.18. The summed E-state index contributed by atoms with van der Waals surface area (Å²) >= 11 is 0. The summed E-state index contributed by atoms with van der Waals surface area (Å²) in [5, 5.41) is 2.82. The van der Waals surface area contributed by atoms with Gasteiger partial charge in [-0.2, -0.15) is 0 Å².